The minimum absolute atomic E-state index is 0.244. The molecule has 6 nitrogen and oxygen atoms in total. The topological polar surface area (TPSA) is 90.4 Å². The summed E-state index contributed by atoms with van der Waals surface area (Å²) in [7, 11) is 0. The molecule has 0 unspecified atom stereocenters. The molecule has 0 atom stereocenters. The van der Waals surface area contributed by atoms with Crippen molar-refractivity contribution in [1.82, 2.24) is 9.78 Å². The Morgan fingerprint density at radius 3 is 2.78 bits per heavy atom. The summed E-state index contributed by atoms with van der Waals surface area (Å²) >= 11 is 5.01. The highest BCUT2D eigenvalue weighted by Crippen LogP contribution is 2.36. The molecule has 2 aromatic rings. The summed E-state index contributed by atoms with van der Waals surface area (Å²) in [6.07, 6.45) is 1.77. The van der Waals surface area contributed by atoms with Crippen molar-refractivity contribution in [2.75, 3.05) is 0 Å². The second kappa shape index (κ2) is 5.20. The molecule has 1 aromatic carbocycles. The molecule has 118 valence electrons. The third-order valence-electron chi connectivity index (χ3n) is 3.41. The van der Waals surface area contributed by atoms with Crippen molar-refractivity contribution < 1.29 is 9.84 Å². The number of benzene rings is 1. The van der Waals surface area contributed by atoms with E-state index in [9.17, 15) is 9.90 Å². The van der Waals surface area contributed by atoms with E-state index in [1.165, 1.54) is 12.1 Å². The average molecular weight is 329 g/mol. The van der Waals surface area contributed by atoms with Crippen molar-refractivity contribution in [2.24, 2.45) is 5.73 Å². The van der Waals surface area contributed by atoms with Crippen LogP contribution in [0, 0.1) is 0 Å². The molecule has 0 radical (unpaired) electrons. The molecular formula is C16H15N3O3S. The van der Waals surface area contributed by atoms with Crippen LogP contribution in [0.2, 0.25) is 0 Å². The van der Waals surface area contributed by atoms with Gasteiger partial charge >= 0.3 is 0 Å². The highest BCUT2D eigenvalue weighted by Gasteiger charge is 2.28. The first-order valence-corrected chi connectivity index (χ1v) is 7.33. The fraction of sp³-hybridized carbons (Fsp3) is 0.188. The zero-order chi connectivity index (χ0) is 16.8. The van der Waals surface area contributed by atoms with Gasteiger partial charge in [0.15, 0.2) is 0 Å². The molecule has 0 aliphatic carbocycles. The lowest BCUT2D eigenvalue weighted by Crippen LogP contribution is -2.33. The molecular weight excluding hydrogens is 314 g/mol. The van der Waals surface area contributed by atoms with Gasteiger partial charge in [0, 0.05) is 23.3 Å². The fourth-order valence-electron chi connectivity index (χ4n) is 2.44. The van der Waals surface area contributed by atoms with Gasteiger partial charge in [-0.1, -0.05) is 12.2 Å². The molecule has 0 saturated carbocycles. The van der Waals surface area contributed by atoms with Gasteiger partial charge in [-0.3, -0.25) is 4.79 Å². The zero-order valence-corrected chi connectivity index (χ0v) is 13.4. The van der Waals surface area contributed by atoms with Gasteiger partial charge in [0.2, 0.25) is 5.88 Å². The summed E-state index contributed by atoms with van der Waals surface area (Å²) in [5, 5.41) is 13.5. The molecule has 7 heteroatoms. The summed E-state index contributed by atoms with van der Waals surface area (Å²) in [6.45, 7) is 3.73. The van der Waals surface area contributed by atoms with E-state index < -0.39 is 5.60 Å². The van der Waals surface area contributed by atoms with E-state index >= 15 is 0 Å². The second-order valence-corrected chi connectivity index (χ2v) is 6.19. The smallest absolute Gasteiger partial charge is 0.271 e. The first-order chi connectivity index (χ1) is 10.8. The highest BCUT2D eigenvalue weighted by atomic mass is 32.1. The highest BCUT2D eigenvalue weighted by molar-refractivity contribution is 7.80. The Morgan fingerprint density at radius 1 is 1.35 bits per heavy atom. The van der Waals surface area contributed by atoms with Crippen LogP contribution >= 0.6 is 12.2 Å². The molecule has 1 aliphatic heterocycles. The first kappa shape index (κ1) is 15.2. The number of aromatic hydroxyl groups is 1. The van der Waals surface area contributed by atoms with Gasteiger partial charge in [-0.2, -0.15) is 4.68 Å². The van der Waals surface area contributed by atoms with Gasteiger partial charge in [-0.25, -0.2) is 0 Å². The minimum atomic E-state index is -0.639. The van der Waals surface area contributed by atoms with Crippen LogP contribution in [0.3, 0.4) is 0 Å². The van der Waals surface area contributed by atoms with E-state index in [1.807, 2.05) is 13.8 Å². The summed E-state index contributed by atoms with van der Waals surface area (Å²) in [5.74, 6) is 0.339. The molecule has 0 bridgehead atoms. The third-order valence-corrected chi connectivity index (χ3v) is 3.65. The first-order valence-electron chi connectivity index (χ1n) is 6.93. The molecule has 3 N–H and O–H groups in total. The Labute approximate surface area is 137 Å². The minimum Gasteiger partial charge on any atom is -0.492 e. The largest absolute Gasteiger partial charge is 0.492 e. The molecule has 1 aromatic heterocycles. The lowest BCUT2D eigenvalue weighted by Gasteiger charge is -2.31. The number of nitrogens with zero attached hydrogens (tertiary/aromatic N) is 2. The number of aromatic nitrogens is 2. The predicted octanol–water partition coefficient (Wildman–Crippen LogP) is 1.64. The Hall–Kier alpha value is -2.67. The number of ether oxygens (including phenoxy) is 1. The summed E-state index contributed by atoms with van der Waals surface area (Å²) in [6, 6.07) is 7.76. The summed E-state index contributed by atoms with van der Waals surface area (Å²) < 4.78 is 7.05. The summed E-state index contributed by atoms with van der Waals surface area (Å²) in [5.41, 5.74) is 6.48. The molecule has 0 spiro atoms. The van der Waals surface area contributed by atoms with Crippen molar-refractivity contribution in [1.29, 1.82) is 0 Å². The number of hydrogen-bond donors (Lipinski definition) is 2. The maximum atomic E-state index is 12.2. The maximum Gasteiger partial charge on any atom is 0.271 e. The van der Waals surface area contributed by atoms with Gasteiger partial charge in [0.25, 0.3) is 5.56 Å². The van der Waals surface area contributed by atoms with Crippen molar-refractivity contribution in [2.45, 2.75) is 19.4 Å². The van der Waals surface area contributed by atoms with Gasteiger partial charge < -0.3 is 15.6 Å². The van der Waals surface area contributed by atoms with Crippen LogP contribution in [0.4, 0.5) is 0 Å². The van der Waals surface area contributed by atoms with E-state index in [-0.39, 0.29) is 16.4 Å². The van der Waals surface area contributed by atoms with E-state index in [1.54, 1.807) is 24.3 Å². The Kier molecular flexibility index (Phi) is 3.45. The molecule has 1 aliphatic rings. The number of hydrogen-bond acceptors (Lipinski definition) is 5. The number of thiocarbonyl (C=S) groups is 1. The van der Waals surface area contributed by atoms with Gasteiger partial charge in [0.05, 0.1) is 5.70 Å². The monoisotopic (exact) mass is 329 g/mol. The number of nitrogens with two attached hydrogens (primary N) is 1. The fourth-order valence-corrected chi connectivity index (χ4v) is 2.57. The quantitative estimate of drug-likeness (QED) is 0.814. The normalized spacial score (nSPS) is 15.3. The SMILES string of the molecule is CC1(C)C=C(n2nc(O)ccc2=O)c2cc(C(N)=S)ccc2O1. The number of rotatable bonds is 2. The molecule has 0 saturated heterocycles. The van der Waals surface area contributed by atoms with Crippen LogP contribution < -0.4 is 16.0 Å². The van der Waals surface area contributed by atoms with Crippen LogP contribution in [0.5, 0.6) is 11.6 Å². The van der Waals surface area contributed by atoms with Crippen LogP contribution in [0.25, 0.3) is 5.70 Å². The van der Waals surface area contributed by atoms with Gasteiger partial charge in [0.1, 0.15) is 16.3 Å². The van der Waals surface area contributed by atoms with Crippen molar-refractivity contribution in [3.63, 3.8) is 0 Å². The molecule has 0 amide bonds. The average Bonchev–Trinajstić information content (AvgIpc) is 2.47. The van der Waals surface area contributed by atoms with Gasteiger partial charge in [-0.05, 0) is 38.1 Å². The van der Waals surface area contributed by atoms with E-state index in [0.717, 1.165) is 4.68 Å². The standard InChI is InChI=1S/C16H15N3O3S/c1-16(2)8-11(19-14(21)6-5-13(20)18-19)10-7-9(15(17)23)3-4-12(10)22-16/h3-8H,1-2H3,(H2,17,23)(H,18,20). The van der Waals surface area contributed by atoms with Crippen LogP contribution in [-0.2, 0) is 0 Å². The molecule has 23 heavy (non-hydrogen) atoms. The van der Waals surface area contributed by atoms with E-state index in [4.69, 9.17) is 22.7 Å². The Balaban J connectivity index is 2.28. The van der Waals surface area contributed by atoms with Crippen LogP contribution in [-0.4, -0.2) is 25.5 Å². The van der Waals surface area contributed by atoms with Crippen LogP contribution in [0.1, 0.15) is 25.0 Å². The van der Waals surface area contributed by atoms with Crippen molar-refractivity contribution in [3.05, 3.63) is 57.9 Å². The number of fused-ring (bicyclic) bond motifs is 1. The van der Waals surface area contributed by atoms with Crippen molar-refractivity contribution in [3.8, 4) is 11.6 Å². The maximum absolute atomic E-state index is 12.2. The second-order valence-electron chi connectivity index (χ2n) is 5.75. The molecule has 3 rings (SSSR count). The van der Waals surface area contributed by atoms with E-state index in [2.05, 4.69) is 5.10 Å². The lowest BCUT2D eigenvalue weighted by atomic mass is 9.97. The zero-order valence-electron chi connectivity index (χ0n) is 12.6. The molecule has 2 heterocycles. The van der Waals surface area contributed by atoms with Crippen LogP contribution in [0.15, 0.2) is 41.2 Å². The van der Waals surface area contributed by atoms with Gasteiger partial charge in [-0.15, -0.1) is 5.10 Å². The third kappa shape index (κ3) is 2.83. The van der Waals surface area contributed by atoms with Crippen molar-refractivity contribution >= 4 is 22.9 Å². The predicted molar refractivity (Wildman–Crippen MR) is 90.6 cm³/mol. The van der Waals surface area contributed by atoms with E-state index in [0.29, 0.717) is 22.6 Å². The Bertz CT molecular complexity index is 900. The summed E-state index contributed by atoms with van der Waals surface area (Å²) in [4.78, 5) is 12.4. The lowest BCUT2D eigenvalue weighted by molar-refractivity contribution is 0.157. The Morgan fingerprint density at radius 2 is 2.09 bits per heavy atom. The molecule has 0 fully saturated rings.